The van der Waals surface area contributed by atoms with Crippen molar-refractivity contribution in [2.45, 2.75) is 19.1 Å². The summed E-state index contributed by atoms with van der Waals surface area (Å²) in [4.78, 5) is 2.54. The molecule has 1 aliphatic rings. The summed E-state index contributed by atoms with van der Waals surface area (Å²) >= 11 is 0. The molecule has 0 unspecified atom stereocenters. The van der Waals surface area contributed by atoms with Gasteiger partial charge in [0.05, 0.1) is 21.3 Å². The predicted molar refractivity (Wildman–Crippen MR) is 59.7 cm³/mol. The lowest BCUT2D eigenvalue weighted by Gasteiger charge is -2.33. The number of hydrogen-bond donors (Lipinski definition) is 0. The van der Waals surface area contributed by atoms with Gasteiger partial charge in [0.15, 0.2) is 0 Å². The van der Waals surface area contributed by atoms with E-state index in [-0.39, 0.29) is 0 Å². The third-order valence-electron chi connectivity index (χ3n) is 2.45. The van der Waals surface area contributed by atoms with Crippen molar-refractivity contribution in [2.24, 2.45) is 0 Å². The largest absolute Gasteiger partial charge is 0.379 e. The molecule has 1 heterocycles. The lowest BCUT2D eigenvalue weighted by molar-refractivity contribution is 0.0455. The van der Waals surface area contributed by atoms with Crippen LogP contribution in [0.15, 0.2) is 12.7 Å². The first kappa shape index (κ1) is 11.0. The lowest BCUT2D eigenvalue weighted by Crippen LogP contribution is -2.47. The Hall–Kier alpha value is -0.123. The minimum absolute atomic E-state index is 0.915. The molecule has 2 nitrogen and oxygen atoms in total. The summed E-state index contributed by atoms with van der Waals surface area (Å²) < 4.78 is 5.33. The first-order valence-corrected chi connectivity index (χ1v) is 8.46. The Bertz CT molecular complexity index is 164. The molecule has 13 heavy (non-hydrogen) atoms. The van der Waals surface area contributed by atoms with Gasteiger partial charge in [-0.1, -0.05) is 19.2 Å². The molecule has 1 fully saturated rings. The van der Waals surface area contributed by atoms with E-state index in [2.05, 4.69) is 30.6 Å². The molecule has 0 bridgehead atoms. The van der Waals surface area contributed by atoms with Crippen molar-refractivity contribution in [3.8, 4) is 0 Å². The van der Waals surface area contributed by atoms with Crippen LogP contribution in [0.4, 0.5) is 0 Å². The van der Waals surface area contributed by atoms with Crippen molar-refractivity contribution in [1.29, 1.82) is 0 Å². The van der Waals surface area contributed by atoms with Gasteiger partial charge in [-0.15, -0.1) is 6.58 Å². The summed E-state index contributed by atoms with van der Waals surface area (Å²) in [6, 6.07) is 1.23. The van der Waals surface area contributed by atoms with E-state index >= 15 is 0 Å². The fourth-order valence-electron chi connectivity index (χ4n) is 1.82. The van der Waals surface area contributed by atoms with Gasteiger partial charge >= 0.3 is 0 Å². The first-order valence-electron chi connectivity index (χ1n) is 5.05. The summed E-state index contributed by atoms with van der Waals surface area (Å²) in [6.45, 7) is 12.8. The zero-order valence-corrected chi connectivity index (χ0v) is 9.88. The van der Waals surface area contributed by atoms with Gasteiger partial charge in [0.25, 0.3) is 0 Å². The molecule has 0 radical (unpaired) electrons. The molecule has 0 amide bonds. The third-order valence-corrected chi connectivity index (χ3v) is 5.15. The van der Waals surface area contributed by atoms with E-state index in [4.69, 9.17) is 4.74 Å². The Morgan fingerprint density at radius 3 is 2.54 bits per heavy atom. The van der Waals surface area contributed by atoms with Gasteiger partial charge in [0.2, 0.25) is 0 Å². The van der Waals surface area contributed by atoms with Crippen LogP contribution >= 0.6 is 0 Å². The zero-order chi connectivity index (χ0) is 9.73. The smallest absolute Gasteiger partial charge is 0.0666 e. The van der Waals surface area contributed by atoms with E-state index in [1.807, 2.05) is 0 Å². The van der Waals surface area contributed by atoms with Crippen LogP contribution in [-0.2, 0) is 4.74 Å². The SMILES string of the molecule is C=CC[Si](C)(C)CN1CCOCC1. The standard InChI is InChI=1S/C10H21NOSi/c1-4-9-13(2,3)10-11-5-7-12-8-6-11/h4H,1,5-10H2,2-3H3. The molecule has 3 heteroatoms. The summed E-state index contributed by atoms with van der Waals surface area (Å²) in [5, 5.41) is 0. The Morgan fingerprint density at radius 1 is 1.38 bits per heavy atom. The van der Waals surface area contributed by atoms with Gasteiger partial charge < -0.3 is 9.64 Å². The molecule has 0 aliphatic carbocycles. The highest BCUT2D eigenvalue weighted by Gasteiger charge is 2.23. The normalized spacial score (nSPS) is 20.2. The molecule has 0 aromatic carbocycles. The van der Waals surface area contributed by atoms with E-state index in [1.165, 1.54) is 12.2 Å². The van der Waals surface area contributed by atoms with Crippen molar-refractivity contribution >= 4 is 8.07 Å². The summed E-state index contributed by atoms with van der Waals surface area (Å²) in [5.74, 6) is 0. The van der Waals surface area contributed by atoms with Crippen molar-refractivity contribution in [3.63, 3.8) is 0 Å². The molecule has 0 aromatic heterocycles. The minimum Gasteiger partial charge on any atom is -0.379 e. The second-order valence-corrected chi connectivity index (χ2v) is 9.60. The van der Waals surface area contributed by atoms with E-state index in [9.17, 15) is 0 Å². The van der Waals surface area contributed by atoms with Crippen LogP contribution in [0.25, 0.3) is 0 Å². The Morgan fingerprint density at radius 2 is 2.00 bits per heavy atom. The first-order chi connectivity index (χ1) is 6.14. The number of morpholine rings is 1. The van der Waals surface area contributed by atoms with Crippen LogP contribution < -0.4 is 0 Å². The van der Waals surface area contributed by atoms with Crippen LogP contribution in [-0.4, -0.2) is 45.4 Å². The van der Waals surface area contributed by atoms with Gasteiger partial charge in [0.1, 0.15) is 0 Å². The van der Waals surface area contributed by atoms with Gasteiger partial charge in [0, 0.05) is 13.1 Å². The monoisotopic (exact) mass is 199 g/mol. The molecule has 1 saturated heterocycles. The van der Waals surface area contributed by atoms with Crippen LogP contribution in [0.1, 0.15) is 0 Å². The molecular weight excluding hydrogens is 178 g/mol. The highest BCUT2D eigenvalue weighted by molar-refractivity contribution is 6.77. The molecule has 1 aliphatic heterocycles. The van der Waals surface area contributed by atoms with Gasteiger partial charge in [-0.2, -0.15) is 0 Å². The second kappa shape index (κ2) is 4.93. The van der Waals surface area contributed by atoms with Crippen LogP contribution in [0.5, 0.6) is 0 Å². The molecule has 1 rings (SSSR count). The van der Waals surface area contributed by atoms with Crippen molar-refractivity contribution in [2.75, 3.05) is 32.5 Å². The van der Waals surface area contributed by atoms with E-state index in [1.54, 1.807) is 0 Å². The molecule has 0 atom stereocenters. The second-order valence-electron chi connectivity index (χ2n) is 4.55. The Kier molecular flexibility index (Phi) is 4.16. The van der Waals surface area contributed by atoms with Crippen molar-refractivity contribution in [3.05, 3.63) is 12.7 Å². The number of rotatable bonds is 4. The summed E-state index contributed by atoms with van der Waals surface area (Å²) in [6.07, 6.45) is 3.37. The van der Waals surface area contributed by atoms with Crippen LogP contribution in [0.3, 0.4) is 0 Å². The molecular formula is C10H21NOSi. The third kappa shape index (κ3) is 4.07. The predicted octanol–water partition coefficient (Wildman–Crippen LogP) is 1.75. The maximum absolute atomic E-state index is 5.33. The van der Waals surface area contributed by atoms with E-state index < -0.39 is 8.07 Å². The highest BCUT2D eigenvalue weighted by atomic mass is 28.3. The van der Waals surface area contributed by atoms with Gasteiger partial charge in [-0.3, -0.25) is 0 Å². The number of hydrogen-bond acceptors (Lipinski definition) is 2. The maximum Gasteiger partial charge on any atom is 0.0666 e. The molecule has 0 spiro atoms. The quantitative estimate of drug-likeness (QED) is 0.505. The maximum atomic E-state index is 5.33. The minimum atomic E-state index is -1.04. The molecule has 76 valence electrons. The molecule has 0 aromatic rings. The van der Waals surface area contributed by atoms with Crippen LogP contribution in [0, 0.1) is 0 Å². The van der Waals surface area contributed by atoms with Crippen LogP contribution in [0.2, 0.25) is 19.1 Å². The molecule has 0 saturated carbocycles. The topological polar surface area (TPSA) is 12.5 Å². The average molecular weight is 199 g/mol. The highest BCUT2D eigenvalue weighted by Crippen LogP contribution is 2.12. The fraction of sp³-hybridized carbons (Fsp3) is 0.800. The van der Waals surface area contributed by atoms with Gasteiger partial charge in [-0.25, -0.2) is 0 Å². The van der Waals surface area contributed by atoms with Gasteiger partial charge in [-0.05, 0) is 12.2 Å². The van der Waals surface area contributed by atoms with E-state index in [0.717, 1.165) is 26.3 Å². The number of allylic oxidation sites excluding steroid dienone is 1. The average Bonchev–Trinajstić information content (AvgIpc) is 2.04. The summed E-state index contributed by atoms with van der Waals surface area (Å²) in [7, 11) is -1.04. The Balaban J connectivity index is 2.32. The lowest BCUT2D eigenvalue weighted by atomic mass is 10.5. The Labute approximate surface area is 82.6 Å². The van der Waals surface area contributed by atoms with E-state index in [0.29, 0.717) is 0 Å². The van der Waals surface area contributed by atoms with Crippen molar-refractivity contribution < 1.29 is 4.74 Å². The summed E-state index contributed by atoms with van der Waals surface area (Å²) in [5.41, 5.74) is 0. The number of ether oxygens (including phenoxy) is 1. The van der Waals surface area contributed by atoms with Crippen molar-refractivity contribution in [1.82, 2.24) is 4.90 Å². The number of nitrogens with zero attached hydrogens (tertiary/aromatic N) is 1. The zero-order valence-electron chi connectivity index (χ0n) is 8.88. The fourth-order valence-corrected chi connectivity index (χ4v) is 4.26. The molecule has 0 N–H and O–H groups in total.